The lowest BCUT2D eigenvalue weighted by atomic mass is 9.88. The lowest BCUT2D eigenvalue weighted by Crippen LogP contribution is -2.41. The van der Waals surface area contributed by atoms with Crippen LogP contribution in [0.1, 0.15) is 74.0 Å². The molecule has 2 fully saturated rings. The van der Waals surface area contributed by atoms with E-state index in [1.807, 2.05) is 22.9 Å². The minimum Gasteiger partial charge on any atom is -0.493 e. The van der Waals surface area contributed by atoms with Crippen molar-refractivity contribution in [2.75, 3.05) is 27.3 Å². The van der Waals surface area contributed by atoms with Gasteiger partial charge in [-0.25, -0.2) is 4.68 Å². The third-order valence-corrected chi connectivity index (χ3v) is 8.74. The van der Waals surface area contributed by atoms with Crippen molar-refractivity contribution in [3.63, 3.8) is 0 Å². The van der Waals surface area contributed by atoms with Crippen molar-refractivity contribution < 1.29 is 9.47 Å². The van der Waals surface area contributed by atoms with E-state index in [-0.39, 0.29) is 17.6 Å². The molecule has 2 aliphatic rings. The molecule has 6 rings (SSSR count). The van der Waals surface area contributed by atoms with E-state index in [0.717, 1.165) is 56.4 Å². The number of pyridine rings is 1. The number of rotatable bonds is 8. The van der Waals surface area contributed by atoms with E-state index < -0.39 is 0 Å². The molecule has 0 amide bonds. The van der Waals surface area contributed by atoms with Gasteiger partial charge in [0.25, 0.3) is 5.56 Å². The summed E-state index contributed by atoms with van der Waals surface area (Å²) in [5.41, 5.74) is 2.62. The van der Waals surface area contributed by atoms with E-state index in [4.69, 9.17) is 9.47 Å². The second kappa shape index (κ2) is 11.8. The van der Waals surface area contributed by atoms with E-state index in [0.29, 0.717) is 28.5 Å². The van der Waals surface area contributed by atoms with Crippen LogP contribution < -0.4 is 15.0 Å². The minimum atomic E-state index is -0.337. The number of piperidine rings is 1. The van der Waals surface area contributed by atoms with Gasteiger partial charge in [-0.05, 0) is 79.2 Å². The predicted molar refractivity (Wildman–Crippen MR) is 154 cm³/mol. The number of tetrazole rings is 1. The standard InChI is InChI=1S/C31H38N6O3/c1-39-27-19-23-18-25(31(38)32-26(23)20-28(27)40-2)29(30-33-34-35-37(30)24-11-7-4-8-12-24)36-15-13-22(14-16-36)17-21-9-5-3-6-10-21/h3,5-6,9-10,18-20,22,24,29H,4,7-8,11-17H2,1-2H3,(H,32,38)/t29-/m0/s1. The van der Waals surface area contributed by atoms with Crippen LogP contribution in [0.3, 0.4) is 0 Å². The average molecular weight is 543 g/mol. The molecule has 1 aliphatic heterocycles. The number of methoxy groups -OCH3 is 2. The minimum absolute atomic E-state index is 0.130. The summed E-state index contributed by atoms with van der Waals surface area (Å²) in [7, 11) is 3.22. The Labute approximate surface area is 234 Å². The summed E-state index contributed by atoms with van der Waals surface area (Å²) in [5, 5.41) is 14.1. The Kier molecular flexibility index (Phi) is 7.82. The fraction of sp³-hybridized carbons (Fsp3) is 0.484. The zero-order valence-electron chi connectivity index (χ0n) is 23.4. The predicted octanol–water partition coefficient (Wildman–Crippen LogP) is 5.08. The first kappa shape index (κ1) is 26.5. The Morgan fingerprint density at radius 1 is 0.950 bits per heavy atom. The maximum atomic E-state index is 13.7. The quantitative estimate of drug-likeness (QED) is 0.332. The first-order valence-electron chi connectivity index (χ1n) is 14.5. The lowest BCUT2D eigenvalue weighted by molar-refractivity contribution is 0.140. The Morgan fingerprint density at radius 2 is 1.68 bits per heavy atom. The zero-order valence-corrected chi connectivity index (χ0v) is 23.4. The highest BCUT2D eigenvalue weighted by atomic mass is 16.5. The Morgan fingerprint density at radius 3 is 2.40 bits per heavy atom. The summed E-state index contributed by atoms with van der Waals surface area (Å²) in [5.74, 6) is 2.58. The molecule has 1 atom stereocenters. The number of aromatic amines is 1. The number of benzene rings is 2. The van der Waals surface area contributed by atoms with Crippen molar-refractivity contribution in [3.8, 4) is 11.5 Å². The summed E-state index contributed by atoms with van der Waals surface area (Å²) in [6, 6.07) is 16.4. The molecule has 2 aromatic carbocycles. The van der Waals surface area contributed by atoms with Crippen LogP contribution in [0.15, 0.2) is 53.3 Å². The van der Waals surface area contributed by atoms with Gasteiger partial charge < -0.3 is 14.5 Å². The molecule has 1 saturated carbocycles. The molecule has 0 unspecified atom stereocenters. The number of hydrogen-bond acceptors (Lipinski definition) is 7. The molecule has 0 bridgehead atoms. The first-order valence-corrected chi connectivity index (χ1v) is 14.5. The average Bonchev–Trinajstić information content (AvgIpc) is 3.48. The van der Waals surface area contributed by atoms with E-state index >= 15 is 0 Å². The number of likely N-dealkylation sites (tertiary alicyclic amines) is 1. The van der Waals surface area contributed by atoms with E-state index in [2.05, 4.69) is 55.7 Å². The third kappa shape index (κ3) is 5.35. The largest absolute Gasteiger partial charge is 0.493 e. The van der Waals surface area contributed by atoms with Crippen LogP contribution in [0.2, 0.25) is 0 Å². The molecule has 0 radical (unpaired) electrons. The number of fused-ring (bicyclic) bond motifs is 1. The number of hydrogen-bond donors (Lipinski definition) is 1. The van der Waals surface area contributed by atoms with Gasteiger partial charge in [-0.15, -0.1) is 5.10 Å². The second-order valence-corrected chi connectivity index (χ2v) is 11.2. The van der Waals surface area contributed by atoms with Gasteiger partial charge in [-0.2, -0.15) is 0 Å². The van der Waals surface area contributed by atoms with Crippen LogP contribution in [0, 0.1) is 5.92 Å². The van der Waals surface area contributed by atoms with Crippen molar-refractivity contribution in [3.05, 3.63) is 75.8 Å². The van der Waals surface area contributed by atoms with Gasteiger partial charge >= 0.3 is 0 Å². The summed E-state index contributed by atoms with van der Waals surface area (Å²) in [6.07, 6.45) is 8.94. The topological polar surface area (TPSA) is 98.2 Å². The maximum Gasteiger partial charge on any atom is 0.253 e. The highest BCUT2D eigenvalue weighted by molar-refractivity contribution is 5.83. The van der Waals surface area contributed by atoms with E-state index in [1.54, 1.807) is 14.2 Å². The van der Waals surface area contributed by atoms with Crippen LogP contribution >= 0.6 is 0 Å². The fourth-order valence-corrected chi connectivity index (χ4v) is 6.58. The molecule has 9 nitrogen and oxygen atoms in total. The summed E-state index contributed by atoms with van der Waals surface area (Å²) >= 11 is 0. The van der Waals surface area contributed by atoms with Gasteiger partial charge in [0, 0.05) is 17.0 Å². The normalized spacial score (nSPS) is 18.1. The molecular weight excluding hydrogens is 504 g/mol. The zero-order chi connectivity index (χ0) is 27.5. The molecular formula is C31H38N6O3. The van der Waals surface area contributed by atoms with Gasteiger partial charge in [0.05, 0.1) is 25.8 Å². The number of H-pyrrole nitrogens is 1. The van der Waals surface area contributed by atoms with Crippen LogP contribution in [-0.2, 0) is 6.42 Å². The molecule has 9 heteroatoms. The third-order valence-electron chi connectivity index (χ3n) is 8.74. The summed E-state index contributed by atoms with van der Waals surface area (Å²) < 4.78 is 13.0. The van der Waals surface area contributed by atoms with Gasteiger partial charge in [0.15, 0.2) is 17.3 Å². The van der Waals surface area contributed by atoms with Crippen molar-refractivity contribution in [1.29, 1.82) is 0 Å². The van der Waals surface area contributed by atoms with Gasteiger partial charge in [0.1, 0.15) is 6.04 Å². The highest BCUT2D eigenvalue weighted by Crippen LogP contribution is 2.37. The number of aromatic nitrogens is 5. The molecule has 1 aliphatic carbocycles. The van der Waals surface area contributed by atoms with Crippen LogP contribution in [-0.4, -0.2) is 57.4 Å². The molecule has 1 saturated heterocycles. The van der Waals surface area contributed by atoms with Gasteiger partial charge in [-0.3, -0.25) is 9.69 Å². The maximum absolute atomic E-state index is 13.7. The highest BCUT2D eigenvalue weighted by Gasteiger charge is 2.35. The summed E-state index contributed by atoms with van der Waals surface area (Å²) in [4.78, 5) is 19.2. The Balaban J connectivity index is 1.37. The molecule has 0 spiro atoms. The van der Waals surface area contributed by atoms with Crippen molar-refractivity contribution in [2.45, 2.75) is 63.5 Å². The van der Waals surface area contributed by atoms with Gasteiger partial charge in [0.2, 0.25) is 0 Å². The summed E-state index contributed by atoms with van der Waals surface area (Å²) in [6.45, 7) is 1.76. The molecule has 40 heavy (non-hydrogen) atoms. The number of nitrogens with one attached hydrogen (secondary N) is 1. The monoisotopic (exact) mass is 542 g/mol. The molecule has 210 valence electrons. The van der Waals surface area contributed by atoms with Gasteiger partial charge in [-0.1, -0.05) is 49.6 Å². The molecule has 3 heterocycles. The SMILES string of the molecule is COc1cc2cc([C@@H](c3nnnn3C3CCCCC3)N3CCC(Cc4ccccc4)CC3)c(=O)[nH]c2cc1OC. The van der Waals surface area contributed by atoms with Crippen molar-refractivity contribution >= 4 is 10.9 Å². The van der Waals surface area contributed by atoms with Crippen LogP contribution in [0.5, 0.6) is 11.5 Å². The molecule has 4 aromatic rings. The first-order chi connectivity index (χ1) is 19.6. The number of ether oxygens (including phenoxy) is 2. The fourth-order valence-electron chi connectivity index (χ4n) is 6.58. The number of nitrogens with zero attached hydrogens (tertiary/aromatic N) is 5. The smallest absolute Gasteiger partial charge is 0.253 e. The van der Waals surface area contributed by atoms with E-state index in [9.17, 15) is 4.79 Å². The van der Waals surface area contributed by atoms with Crippen LogP contribution in [0.4, 0.5) is 0 Å². The van der Waals surface area contributed by atoms with Crippen LogP contribution in [0.25, 0.3) is 10.9 Å². The second-order valence-electron chi connectivity index (χ2n) is 11.2. The molecule has 1 N–H and O–H groups in total. The Hall–Kier alpha value is -3.72. The van der Waals surface area contributed by atoms with E-state index in [1.165, 1.54) is 24.8 Å². The lowest BCUT2D eigenvalue weighted by Gasteiger charge is -2.37. The van der Waals surface area contributed by atoms with Crippen molar-refractivity contribution in [2.24, 2.45) is 5.92 Å². The Bertz CT molecular complexity index is 1490. The van der Waals surface area contributed by atoms with Crippen molar-refractivity contribution in [1.82, 2.24) is 30.1 Å². The molecule has 2 aromatic heterocycles.